The third kappa shape index (κ3) is 4.58. The minimum Gasteiger partial charge on any atom is -0.353 e. The molecule has 1 aliphatic carbocycles. The lowest BCUT2D eigenvalue weighted by atomic mass is 10.1. The van der Waals surface area contributed by atoms with Crippen LogP contribution in [0.4, 0.5) is 11.6 Å². The van der Waals surface area contributed by atoms with Gasteiger partial charge in [-0.2, -0.15) is 0 Å². The average Bonchev–Trinajstić information content (AvgIpc) is 3.03. The van der Waals surface area contributed by atoms with Crippen molar-refractivity contribution < 1.29 is 4.79 Å². The summed E-state index contributed by atoms with van der Waals surface area (Å²) in [7, 11) is 0. The molecular formula is C21H28N6O. The van der Waals surface area contributed by atoms with Crippen LogP contribution in [0.2, 0.25) is 0 Å². The fourth-order valence-electron chi connectivity index (χ4n) is 3.99. The number of carbonyl (C=O) groups excluding carboxylic acids is 1. The first-order valence-electron chi connectivity index (χ1n) is 10.3. The Bertz CT molecular complexity index is 750. The van der Waals surface area contributed by atoms with Crippen LogP contribution < -0.4 is 15.1 Å². The van der Waals surface area contributed by atoms with Crippen molar-refractivity contribution in [2.45, 2.75) is 44.6 Å². The molecule has 0 unspecified atom stereocenters. The number of carbonyl (C=O) groups is 1. The lowest BCUT2D eigenvalue weighted by molar-refractivity contribution is 0.0928. The molecule has 0 atom stereocenters. The molecule has 1 saturated heterocycles. The molecule has 0 aromatic carbocycles. The smallest absolute Gasteiger partial charge is 0.271 e. The van der Waals surface area contributed by atoms with Crippen LogP contribution in [0.3, 0.4) is 0 Å². The monoisotopic (exact) mass is 380 g/mol. The van der Waals surface area contributed by atoms with Crippen molar-refractivity contribution in [2.24, 2.45) is 0 Å². The summed E-state index contributed by atoms with van der Waals surface area (Å²) in [6.45, 7) is 3.50. The number of aromatic nitrogens is 3. The zero-order valence-electron chi connectivity index (χ0n) is 16.3. The van der Waals surface area contributed by atoms with Gasteiger partial charge in [0.15, 0.2) is 0 Å². The highest BCUT2D eigenvalue weighted by Crippen LogP contribution is 2.18. The minimum absolute atomic E-state index is 0.106. The first-order valence-corrected chi connectivity index (χ1v) is 10.3. The summed E-state index contributed by atoms with van der Waals surface area (Å²) >= 11 is 0. The van der Waals surface area contributed by atoms with E-state index in [0.29, 0.717) is 5.69 Å². The van der Waals surface area contributed by atoms with Crippen molar-refractivity contribution in [3.63, 3.8) is 0 Å². The first-order chi connectivity index (χ1) is 13.8. The molecule has 7 heteroatoms. The van der Waals surface area contributed by atoms with Crippen LogP contribution in [0.15, 0.2) is 36.8 Å². The van der Waals surface area contributed by atoms with Crippen LogP contribution in [-0.4, -0.2) is 53.1 Å². The lowest BCUT2D eigenvalue weighted by Gasteiger charge is -2.35. The van der Waals surface area contributed by atoms with Gasteiger partial charge in [0.1, 0.15) is 17.3 Å². The van der Waals surface area contributed by atoms with E-state index in [2.05, 4.69) is 30.1 Å². The zero-order valence-corrected chi connectivity index (χ0v) is 16.3. The van der Waals surface area contributed by atoms with Gasteiger partial charge >= 0.3 is 0 Å². The molecule has 2 fully saturated rings. The van der Waals surface area contributed by atoms with E-state index in [4.69, 9.17) is 0 Å². The summed E-state index contributed by atoms with van der Waals surface area (Å²) in [5, 5.41) is 3.13. The van der Waals surface area contributed by atoms with Crippen LogP contribution in [-0.2, 0) is 0 Å². The highest BCUT2D eigenvalue weighted by molar-refractivity contribution is 5.92. The minimum atomic E-state index is -0.106. The van der Waals surface area contributed by atoms with Gasteiger partial charge in [-0.3, -0.25) is 4.79 Å². The number of nitrogens with one attached hydrogen (secondary N) is 1. The van der Waals surface area contributed by atoms with Crippen molar-refractivity contribution in [3.05, 3.63) is 42.5 Å². The van der Waals surface area contributed by atoms with Crippen molar-refractivity contribution in [2.75, 3.05) is 36.0 Å². The predicted octanol–water partition coefficient (Wildman–Crippen LogP) is 2.65. The standard InChI is InChI=1S/C21H28N6O/c28-21(25-17-7-3-1-2-4-8-17)18-15-24-20(16-23-18)27-13-11-26(12-14-27)19-9-5-6-10-22-19/h5-6,9-10,15-17H,1-4,7-8,11-14H2,(H,25,28). The van der Waals surface area contributed by atoms with Gasteiger partial charge in [-0.1, -0.05) is 31.7 Å². The van der Waals surface area contributed by atoms with Crippen LogP contribution in [0.1, 0.15) is 49.0 Å². The second-order valence-corrected chi connectivity index (χ2v) is 7.58. The number of rotatable bonds is 4. The predicted molar refractivity (Wildman–Crippen MR) is 110 cm³/mol. The molecule has 28 heavy (non-hydrogen) atoms. The second-order valence-electron chi connectivity index (χ2n) is 7.58. The van der Waals surface area contributed by atoms with Crippen molar-refractivity contribution in [1.82, 2.24) is 20.3 Å². The van der Waals surface area contributed by atoms with Crippen LogP contribution in [0, 0.1) is 0 Å². The Hall–Kier alpha value is -2.70. The third-order valence-corrected chi connectivity index (χ3v) is 5.64. The van der Waals surface area contributed by atoms with Crippen molar-refractivity contribution >= 4 is 17.5 Å². The zero-order chi connectivity index (χ0) is 19.2. The molecule has 0 bridgehead atoms. The molecule has 1 N–H and O–H groups in total. The summed E-state index contributed by atoms with van der Waals surface area (Å²) < 4.78 is 0. The highest BCUT2D eigenvalue weighted by Gasteiger charge is 2.20. The van der Waals surface area contributed by atoms with E-state index in [1.54, 1.807) is 12.4 Å². The number of anilines is 2. The first kappa shape index (κ1) is 18.7. The highest BCUT2D eigenvalue weighted by atomic mass is 16.1. The van der Waals surface area contributed by atoms with Gasteiger partial charge in [0.2, 0.25) is 0 Å². The summed E-state index contributed by atoms with van der Waals surface area (Å²) in [4.78, 5) is 30.3. The van der Waals surface area contributed by atoms with Gasteiger partial charge in [-0.05, 0) is 25.0 Å². The lowest BCUT2D eigenvalue weighted by Crippen LogP contribution is -2.47. The molecule has 7 nitrogen and oxygen atoms in total. The Morgan fingerprint density at radius 3 is 2.18 bits per heavy atom. The SMILES string of the molecule is O=C(NC1CCCCCC1)c1cnc(N2CCN(c3ccccn3)CC2)cn1. The summed E-state index contributed by atoms with van der Waals surface area (Å²) in [5.41, 5.74) is 0.403. The molecule has 2 aromatic rings. The molecule has 1 amide bonds. The maximum atomic E-state index is 12.5. The van der Waals surface area contributed by atoms with E-state index < -0.39 is 0 Å². The normalized spacial score (nSPS) is 18.6. The Labute approximate surface area is 166 Å². The van der Waals surface area contributed by atoms with Gasteiger partial charge < -0.3 is 15.1 Å². The number of nitrogens with zero attached hydrogens (tertiary/aromatic N) is 5. The van der Waals surface area contributed by atoms with Crippen molar-refractivity contribution in [1.29, 1.82) is 0 Å². The third-order valence-electron chi connectivity index (χ3n) is 5.64. The maximum absolute atomic E-state index is 12.5. The largest absolute Gasteiger partial charge is 0.353 e. The molecule has 1 aliphatic heterocycles. The molecule has 0 spiro atoms. The summed E-state index contributed by atoms with van der Waals surface area (Å²) in [6, 6.07) is 6.26. The molecule has 1 saturated carbocycles. The number of amides is 1. The van der Waals surface area contributed by atoms with E-state index in [9.17, 15) is 4.79 Å². The molecule has 3 heterocycles. The van der Waals surface area contributed by atoms with Crippen LogP contribution in [0.5, 0.6) is 0 Å². The second kappa shape index (κ2) is 8.99. The topological polar surface area (TPSA) is 74.2 Å². The van der Waals surface area contributed by atoms with E-state index in [1.165, 1.54) is 25.7 Å². The molecule has 2 aliphatic rings. The van der Waals surface area contributed by atoms with Crippen LogP contribution in [0.25, 0.3) is 0 Å². The Morgan fingerprint density at radius 2 is 1.57 bits per heavy atom. The Balaban J connectivity index is 1.31. The van der Waals surface area contributed by atoms with E-state index in [0.717, 1.165) is 50.7 Å². The number of pyridine rings is 1. The van der Waals surface area contributed by atoms with Gasteiger partial charge in [0, 0.05) is 38.4 Å². The summed E-state index contributed by atoms with van der Waals surface area (Å²) in [5.74, 6) is 1.73. The van der Waals surface area contributed by atoms with Gasteiger partial charge in [-0.25, -0.2) is 15.0 Å². The molecule has 0 radical (unpaired) electrons. The summed E-state index contributed by atoms with van der Waals surface area (Å²) in [6.07, 6.45) is 12.2. The van der Waals surface area contributed by atoms with Crippen molar-refractivity contribution in [3.8, 4) is 0 Å². The number of hydrogen-bond acceptors (Lipinski definition) is 6. The van der Waals surface area contributed by atoms with Gasteiger partial charge in [0.05, 0.1) is 12.4 Å². The van der Waals surface area contributed by atoms with E-state index >= 15 is 0 Å². The average molecular weight is 380 g/mol. The molecular weight excluding hydrogens is 352 g/mol. The van der Waals surface area contributed by atoms with E-state index in [-0.39, 0.29) is 11.9 Å². The fraction of sp³-hybridized carbons (Fsp3) is 0.524. The van der Waals surface area contributed by atoms with E-state index in [1.807, 2.05) is 24.4 Å². The molecule has 2 aromatic heterocycles. The number of hydrogen-bond donors (Lipinski definition) is 1. The van der Waals surface area contributed by atoms with Gasteiger partial charge in [-0.15, -0.1) is 0 Å². The molecule has 4 rings (SSSR count). The Kier molecular flexibility index (Phi) is 5.99. The quantitative estimate of drug-likeness (QED) is 0.822. The fourth-order valence-corrected chi connectivity index (χ4v) is 3.99. The van der Waals surface area contributed by atoms with Gasteiger partial charge in [0.25, 0.3) is 5.91 Å². The Morgan fingerprint density at radius 1 is 0.857 bits per heavy atom. The number of piperazine rings is 1. The van der Waals surface area contributed by atoms with Crippen LogP contribution >= 0.6 is 0 Å². The maximum Gasteiger partial charge on any atom is 0.271 e. The molecule has 148 valence electrons.